The van der Waals surface area contributed by atoms with Gasteiger partial charge in [0.15, 0.2) is 0 Å². The summed E-state index contributed by atoms with van der Waals surface area (Å²) in [7, 11) is 0. The molecule has 0 aliphatic rings. The number of unbranched alkanes of at least 4 members (excludes halogenated alkanes) is 3. The molecule has 0 aromatic heterocycles. The van der Waals surface area contributed by atoms with Crippen molar-refractivity contribution in [2.45, 2.75) is 72.1 Å². The number of hydrogen-bond acceptors (Lipinski definition) is 1. The minimum Gasteiger partial charge on any atom is -0.344 e. The van der Waals surface area contributed by atoms with Crippen LogP contribution in [0.2, 0.25) is 0 Å². The van der Waals surface area contributed by atoms with Gasteiger partial charge in [-0.05, 0) is 0 Å². The van der Waals surface area contributed by atoms with Gasteiger partial charge in [0.1, 0.15) is 0 Å². The van der Waals surface area contributed by atoms with E-state index in [0.29, 0.717) is 0 Å². The van der Waals surface area contributed by atoms with E-state index in [9.17, 15) is 0 Å². The zero-order valence-corrected chi connectivity index (χ0v) is 17.3. The van der Waals surface area contributed by atoms with Crippen molar-refractivity contribution in [2.24, 2.45) is 0 Å². The number of benzene rings is 1. The van der Waals surface area contributed by atoms with E-state index >= 15 is 0 Å². The van der Waals surface area contributed by atoms with Crippen LogP contribution in [0.1, 0.15) is 77.7 Å². The second-order valence-corrected chi connectivity index (χ2v) is 5.03. The Morgan fingerprint density at radius 2 is 1.27 bits per heavy atom. The molecule has 1 aromatic rings. The van der Waals surface area contributed by atoms with Gasteiger partial charge in [-0.15, -0.1) is 24.5 Å². The summed E-state index contributed by atoms with van der Waals surface area (Å²) in [5, 5.41) is 0. The van der Waals surface area contributed by atoms with Gasteiger partial charge in [0, 0.05) is 0 Å². The summed E-state index contributed by atoms with van der Waals surface area (Å²) < 4.78 is 0. The van der Waals surface area contributed by atoms with Crippen molar-refractivity contribution in [1.29, 1.82) is 0 Å². The monoisotopic (exact) mass is 337 g/mol. The molecule has 0 bridgehead atoms. The van der Waals surface area contributed by atoms with Crippen LogP contribution in [-0.4, -0.2) is 23.1 Å². The molecular weight excluding hydrogens is 302 g/mol. The molecule has 22 heavy (non-hydrogen) atoms. The zero-order chi connectivity index (χ0) is 14.3. The Hall–Kier alpha value is 0.106. The molecule has 0 amide bonds. The predicted molar refractivity (Wildman–Crippen MR) is 106 cm³/mol. The van der Waals surface area contributed by atoms with Crippen LogP contribution in [0.15, 0.2) is 30.3 Å². The molecule has 1 nitrogen and oxygen atoms in total. The van der Waals surface area contributed by atoms with E-state index in [-0.39, 0.29) is 41.6 Å². The largest absolute Gasteiger partial charge is 2.00 e. The van der Waals surface area contributed by atoms with Gasteiger partial charge in [-0.2, -0.15) is 30.0 Å². The Morgan fingerprint density at radius 3 is 1.59 bits per heavy atom. The topological polar surface area (TPSA) is 35.0 Å². The standard InChI is InChI=1S/C15H23.C4H9.ClH.Mg.H3N/c1-3-5-10-14(11-6-4-2)15-12-8-7-9-13-15;1-3-4-2;;;/h7-9,12-13H,3-6,10-11H2,1-2H3;1,3-4H2,2H3;1H;;1H3/q2*-1;;+2;. The first-order valence-corrected chi connectivity index (χ1v) is 7.99. The van der Waals surface area contributed by atoms with Crippen LogP contribution in [0.4, 0.5) is 0 Å². The Kier molecular flexibility index (Phi) is 31.9. The van der Waals surface area contributed by atoms with Crippen LogP contribution in [-0.2, 0) is 0 Å². The average Bonchev–Trinajstić information content (AvgIpc) is 2.48. The smallest absolute Gasteiger partial charge is 0.344 e. The maximum atomic E-state index is 3.60. The fourth-order valence-corrected chi connectivity index (χ4v) is 1.87. The summed E-state index contributed by atoms with van der Waals surface area (Å²) in [5.41, 5.74) is 1.46. The van der Waals surface area contributed by atoms with Crippen molar-refractivity contribution in [3.63, 3.8) is 0 Å². The maximum Gasteiger partial charge on any atom is 2.00 e. The quantitative estimate of drug-likeness (QED) is 0.410. The summed E-state index contributed by atoms with van der Waals surface area (Å²) in [5.74, 6) is 1.65. The van der Waals surface area contributed by atoms with E-state index in [0.717, 1.165) is 6.42 Å². The number of hydrogen-bond donors (Lipinski definition) is 1. The van der Waals surface area contributed by atoms with Gasteiger partial charge in [-0.3, -0.25) is 0 Å². The summed E-state index contributed by atoms with van der Waals surface area (Å²) in [6.45, 7) is 10.3. The molecule has 1 rings (SSSR count). The van der Waals surface area contributed by atoms with E-state index in [1.54, 1.807) is 5.92 Å². The van der Waals surface area contributed by atoms with Crippen molar-refractivity contribution in [3.8, 4) is 0 Å². The minimum atomic E-state index is 0. The second kappa shape index (κ2) is 23.4. The summed E-state index contributed by atoms with van der Waals surface area (Å²) >= 11 is 0. The molecule has 0 radical (unpaired) electrons. The van der Waals surface area contributed by atoms with Crippen molar-refractivity contribution in [1.82, 2.24) is 6.15 Å². The molecule has 3 heteroatoms. The molecule has 0 aliphatic carbocycles. The third-order valence-electron chi connectivity index (χ3n) is 3.20. The van der Waals surface area contributed by atoms with Crippen molar-refractivity contribution >= 4 is 35.5 Å². The van der Waals surface area contributed by atoms with E-state index in [2.05, 4.69) is 58.0 Å². The molecule has 126 valence electrons. The number of rotatable bonds is 8. The van der Waals surface area contributed by atoms with Crippen molar-refractivity contribution < 1.29 is 0 Å². The first-order valence-electron chi connectivity index (χ1n) is 7.99. The Labute approximate surface area is 162 Å². The summed E-state index contributed by atoms with van der Waals surface area (Å²) in [6.07, 6.45) is 10.1. The minimum absolute atomic E-state index is 0. The molecule has 0 unspecified atom stereocenters. The third kappa shape index (κ3) is 16.5. The molecule has 3 N–H and O–H groups in total. The van der Waals surface area contributed by atoms with Crippen LogP contribution in [0.3, 0.4) is 0 Å². The second-order valence-electron chi connectivity index (χ2n) is 5.03. The average molecular weight is 338 g/mol. The molecular formula is C19H36ClMgN. The normalized spacial score (nSPS) is 8.36. The Morgan fingerprint density at radius 1 is 0.864 bits per heavy atom. The fraction of sp³-hybridized carbons (Fsp3) is 0.579. The van der Waals surface area contributed by atoms with Gasteiger partial charge in [0.2, 0.25) is 0 Å². The van der Waals surface area contributed by atoms with Gasteiger partial charge in [0.05, 0.1) is 0 Å². The number of halogens is 1. The van der Waals surface area contributed by atoms with Gasteiger partial charge in [0.25, 0.3) is 0 Å². The van der Waals surface area contributed by atoms with Gasteiger partial charge < -0.3 is 13.1 Å². The fourth-order valence-electron chi connectivity index (χ4n) is 1.87. The molecule has 0 heterocycles. The molecule has 0 saturated heterocycles. The molecule has 1 aromatic carbocycles. The molecule has 0 aliphatic heterocycles. The molecule has 0 atom stereocenters. The van der Waals surface area contributed by atoms with Gasteiger partial charge in [-0.25, -0.2) is 0 Å². The van der Waals surface area contributed by atoms with Crippen molar-refractivity contribution in [3.05, 3.63) is 48.7 Å². The van der Waals surface area contributed by atoms with E-state index in [1.807, 2.05) is 0 Å². The summed E-state index contributed by atoms with van der Waals surface area (Å²) in [6, 6.07) is 10.9. The SMILES string of the molecule is CCCC[C-](CCCC)c1ccccc1.Cl.N.[CH2-]CCC.[Mg+2]. The first kappa shape index (κ1) is 30.0. The zero-order valence-electron chi connectivity index (χ0n) is 15.1. The van der Waals surface area contributed by atoms with E-state index in [4.69, 9.17) is 0 Å². The molecule has 0 fully saturated rings. The van der Waals surface area contributed by atoms with Crippen LogP contribution < -0.4 is 6.15 Å². The third-order valence-corrected chi connectivity index (χ3v) is 3.20. The van der Waals surface area contributed by atoms with Crippen LogP contribution in [0, 0.1) is 12.8 Å². The molecule has 0 saturated carbocycles. The van der Waals surface area contributed by atoms with Crippen LogP contribution in [0.25, 0.3) is 0 Å². The summed E-state index contributed by atoms with van der Waals surface area (Å²) in [4.78, 5) is 0. The Balaban J connectivity index is -0.000000208. The first-order chi connectivity index (χ1) is 9.29. The predicted octanol–water partition coefficient (Wildman–Crippen LogP) is 6.81. The van der Waals surface area contributed by atoms with Gasteiger partial charge in [-0.1, -0.05) is 71.8 Å². The van der Waals surface area contributed by atoms with E-state index < -0.39 is 0 Å². The molecule has 0 spiro atoms. The van der Waals surface area contributed by atoms with E-state index in [1.165, 1.54) is 50.5 Å². The van der Waals surface area contributed by atoms with Crippen molar-refractivity contribution in [2.75, 3.05) is 0 Å². The van der Waals surface area contributed by atoms with Crippen LogP contribution >= 0.6 is 12.4 Å². The maximum absolute atomic E-state index is 3.60. The van der Waals surface area contributed by atoms with Crippen LogP contribution in [0.5, 0.6) is 0 Å². The Bertz CT molecular complexity index is 270. The van der Waals surface area contributed by atoms with Gasteiger partial charge >= 0.3 is 23.1 Å².